The third-order valence-electron chi connectivity index (χ3n) is 5.16. The molecule has 1 aromatic heterocycles. The summed E-state index contributed by atoms with van der Waals surface area (Å²) in [6.07, 6.45) is 1.51. The molecule has 0 saturated heterocycles. The predicted octanol–water partition coefficient (Wildman–Crippen LogP) is 4.66. The molecule has 144 valence electrons. The van der Waals surface area contributed by atoms with E-state index < -0.39 is 0 Å². The number of thiophene rings is 1. The van der Waals surface area contributed by atoms with Crippen LogP contribution in [-0.2, 0) is 4.79 Å². The van der Waals surface area contributed by atoms with Crippen molar-refractivity contribution in [3.63, 3.8) is 0 Å². The van der Waals surface area contributed by atoms with Gasteiger partial charge in [-0.3, -0.25) is 4.79 Å². The van der Waals surface area contributed by atoms with Crippen LogP contribution in [0.25, 0.3) is 0 Å². The first kappa shape index (κ1) is 18.7. The Bertz CT molecular complexity index is 893. The molecule has 2 N–H and O–H groups in total. The summed E-state index contributed by atoms with van der Waals surface area (Å²) in [6, 6.07) is 19.5. The molecular weight excluding hydrogens is 370 g/mol. The van der Waals surface area contributed by atoms with Crippen LogP contribution in [0.4, 0.5) is 0 Å². The number of benzene rings is 2. The molecule has 0 bridgehead atoms. The largest absolute Gasteiger partial charge is 0.457 e. The van der Waals surface area contributed by atoms with Crippen molar-refractivity contribution in [2.75, 3.05) is 13.2 Å². The van der Waals surface area contributed by atoms with Gasteiger partial charge < -0.3 is 15.2 Å². The molecule has 4 rings (SSSR count). The van der Waals surface area contributed by atoms with Crippen molar-refractivity contribution in [1.29, 1.82) is 0 Å². The topological polar surface area (TPSA) is 58.6 Å². The Morgan fingerprint density at radius 1 is 1.00 bits per heavy atom. The molecule has 4 nitrogen and oxygen atoms in total. The van der Waals surface area contributed by atoms with Crippen LogP contribution in [0.15, 0.2) is 66.0 Å². The molecule has 0 aliphatic carbocycles. The van der Waals surface area contributed by atoms with Crippen molar-refractivity contribution in [3.8, 4) is 11.5 Å². The number of fused-ring (bicyclic) bond motifs is 2. The minimum atomic E-state index is -0.376. The lowest BCUT2D eigenvalue weighted by Crippen LogP contribution is -2.32. The zero-order valence-electron chi connectivity index (χ0n) is 15.5. The molecule has 1 atom stereocenters. The SMILES string of the molecule is O=C(NCC[C@H](CCO)c1cccs1)C1c2ccccc2Oc2ccccc21. The van der Waals surface area contributed by atoms with Crippen LogP contribution < -0.4 is 10.1 Å². The molecule has 1 aliphatic rings. The Morgan fingerprint density at radius 2 is 1.68 bits per heavy atom. The molecule has 3 aromatic rings. The van der Waals surface area contributed by atoms with Crippen molar-refractivity contribution in [1.82, 2.24) is 5.32 Å². The molecule has 0 unspecified atom stereocenters. The number of hydrogen-bond donors (Lipinski definition) is 2. The highest BCUT2D eigenvalue weighted by atomic mass is 32.1. The number of ether oxygens (including phenoxy) is 1. The van der Waals surface area contributed by atoms with Gasteiger partial charge in [0, 0.05) is 29.2 Å². The van der Waals surface area contributed by atoms with Gasteiger partial charge >= 0.3 is 0 Å². The Labute approximate surface area is 168 Å². The first-order chi connectivity index (χ1) is 13.8. The van der Waals surface area contributed by atoms with Gasteiger partial charge in [0.05, 0.1) is 5.92 Å². The molecule has 0 fully saturated rings. The molecule has 5 heteroatoms. The lowest BCUT2D eigenvalue weighted by molar-refractivity contribution is -0.121. The first-order valence-electron chi connectivity index (χ1n) is 9.55. The Kier molecular flexibility index (Phi) is 5.74. The highest BCUT2D eigenvalue weighted by Crippen LogP contribution is 2.43. The molecule has 2 aromatic carbocycles. The van der Waals surface area contributed by atoms with E-state index in [2.05, 4.69) is 11.4 Å². The van der Waals surface area contributed by atoms with Crippen LogP contribution in [0.1, 0.15) is 40.7 Å². The lowest BCUT2D eigenvalue weighted by Gasteiger charge is -2.27. The summed E-state index contributed by atoms with van der Waals surface area (Å²) >= 11 is 1.70. The van der Waals surface area contributed by atoms with Gasteiger partial charge in [0.15, 0.2) is 0 Å². The molecule has 1 amide bonds. The quantitative estimate of drug-likeness (QED) is 0.614. The van der Waals surface area contributed by atoms with Crippen molar-refractivity contribution >= 4 is 17.2 Å². The van der Waals surface area contributed by atoms with Gasteiger partial charge in [-0.05, 0) is 42.3 Å². The van der Waals surface area contributed by atoms with Crippen molar-refractivity contribution in [3.05, 3.63) is 82.0 Å². The smallest absolute Gasteiger partial charge is 0.232 e. The number of rotatable bonds is 7. The molecule has 0 saturated carbocycles. The normalized spacial score (nSPS) is 13.9. The molecule has 0 spiro atoms. The second-order valence-electron chi connectivity index (χ2n) is 6.92. The lowest BCUT2D eigenvalue weighted by atomic mass is 9.87. The zero-order chi connectivity index (χ0) is 19.3. The van der Waals surface area contributed by atoms with E-state index in [1.807, 2.05) is 60.0 Å². The highest BCUT2D eigenvalue weighted by molar-refractivity contribution is 7.10. The monoisotopic (exact) mass is 393 g/mol. The maximum Gasteiger partial charge on any atom is 0.232 e. The maximum absolute atomic E-state index is 13.1. The van der Waals surface area contributed by atoms with Crippen LogP contribution in [0.3, 0.4) is 0 Å². The van der Waals surface area contributed by atoms with E-state index in [0.29, 0.717) is 13.0 Å². The highest BCUT2D eigenvalue weighted by Gasteiger charge is 2.32. The summed E-state index contributed by atoms with van der Waals surface area (Å²) in [4.78, 5) is 14.4. The third kappa shape index (κ3) is 3.81. The average molecular weight is 394 g/mol. The molecule has 1 aliphatic heterocycles. The van der Waals surface area contributed by atoms with Gasteiger partial charge in [0.2, 0.25) is 5.91 Å². The molecule has 2 heterocycles. The van der Waals surface area contributed by atoms with Crippen LogP contribution >= 0.6 is 11.3 Å². The summed E-state index contributed by atoms with van der Waals surface area (Å²) < 4.78 is 5.98. The van der Waals surface area contributed by atoms with Gasteiger partial charge in [-0.15, -0.1) is 11.3 Å². The minimum Gasteiger partial charge on any atom is -0.457 e. The van der Waals surface area contributed by atoms with Gasteiger partial charge in [0.1, 0.15) is 11.5 Å². The second kappa shape index (κ2) is 8.59. The Balaban J connectivity index is 1.49. The van der Waals surface area contributed by atoms with Crippen molar-refractivity contribution in [2.45, 2.75) is 24.7 Å². The number of hydrogen-bond acceptors (Lipinski definition) is 4. The van der Waals surface area contributed by atoms with Gasteiger partial charge in [-0.2, -0.15) is 0 Å². The fourth-order valence-corrected chi connectivity index (χ4v) is 4.67. The predicted molar refractivity (Wildman–Crippen MR) is 111 cm³/mol. The van der Waals surface area contributed by atoms with E-state index in [-0.39, 0.29) is 24.3 Å². The van der Waals surface area contributed by atoms with E-state index in [9.17, 15) is 9.90 Å². The number of aliphatic hydroxyl groups excluding tert-OH is 1. The number of carbonyl (C=O) groups is 1. The van der Waals surface area contributed by atoms with Crippen LogP contribution in [0.5, 0.6) is 11.5 Å². The van der Waals surface area contributed by atoms with E-state index in [4.69, 9.17) is 4.74 Å². The molecular formula is C23H23NO3S. The summed E-state index contributed by atoms with van der Waals surface area (Å²) in [5.74, 6) is 1.34. The summed E-state index contributed by atoms with van der Waals surface area (Å²) in [5, 5.41) is 14.5. The van der Waals surface area contributed by atoms with Crippen molar-refractivity contribution < 1.29 is 14.6 Å². The van der Waals surface area contributed by atoms with Crippen LogP contribution in [0.2, 0.25) is 0 Å². The zero-order valence-corrected chi connectivity index (χ0v) is 16.3. The first-order valence-corrected chi connectivity index (χ1v) is 10.4. The number of carbonyl (C=O) groups excluding carboxylic acids is 1. The molecule has 28 heavy (non-hydrogen) atoms. The maximum atomic E-state index is 13.1. The van der Waals surface area contributed by atoms with E-state index in [1.165, 1.54) is 4.88 Å². The minimum absolute atomic E-state index is 0.0165. The number of nitrogens with one attached hydrogen (secondary N) is 1. The third-order valence-corrected chi connectivity index (χ3v) is 6.19. The van der Waals surface area contributed by atoms with Gasteiger partial charge in [-0.25, -0.2) is 0 Å². The number of para-hydroxylation sites is 2. The summed E-state index contributed by atoms with van der Waals surface area (Å²) in [7, 11) is 0. The van der Waals surface area contributed by atoms with Crippen molar-refractivity contribution in [2.24, 2.45) is 0 Å². The van der Waals surface area contributed by atoms with E-state index in [0.717, 1.165) is 29.0 Å². The second-order valence-corrected chi connectivity index (χ2v) is 7.89. The van der Waals surface area contributed by atoms with E-state index in [1.54, 1.807) is 11.3 Å². The Hall–Kier alpha value is -2.63. The van der Waals surface area contributed by atoms with Crippen LogP contribution in [-0.4, -0.2) is 24.2 Å². The Morgan fingerprint density at radius 3 is 2.29 bits per heavy atom. The van der Waals surface area contributed by atoms with Crippen LogP contribution in [0, 0.1) is 0 Å². The summed E-state index contributed by atoms with van der Waals surface area (Å²) in [6.45, 7) is 0.723. The standard InChI is InChI=1S/C23H23NO3S/c25-14-12-16(21-10-5-15-28-21)11-13-24-23(26)22-17-6-1-3-8-19(17)27-20-9-4-2-7-18(20)22/h1-10,15-16,22,25H,11-14H2,(H,24,26)/t16-/m1/s1. The molecule has 0 radical (unpaired) electrons. The summed E-state index contributed by atoms with van der Waals surface area (Å²) in [5.41, 5.74) is 1.78. The fourth-order valence-electron chi connectivity index (χ4n) is 3.77. The average Bonchev–Trinajstić information content (AvgIpc) is 3.26. The number of aliphatic hydroxyl groups is 1. The van der Waals surface area contributed by atoms with Gasteiger partial charge in [-0.1, -0.05) is 42.5 Å². The number of amides is 1. The fraction of sp³-hybridized carbons (Fsp3) is 0.261. The van der Waals surface area contributed by atoms with E-state index >= 15 is 0 Å². The van der Waals surface area contributed by atoms with Gasteiger partial charge in [0.25, 0.3) is 0 Å².